The molecule has 0 aliphatic heterocycles. The summed E-state index contributed by atoms with van der Waals surface area (Å²) in [4.78, 5) is 23.0. The fourth-order valence-corrected chi connectivity index (χ4v) is 3.16. The highest BCUT2D eigenvalue weighted by molar-refractivity contribution is 7.88. The second-order valence-electron chi connectivity index (χ2n) is 5.93. The van der Waals surface area contributed by atoms with E-state index in [1.54, 1.807) is 24.3 Å². The summed E-state index contributed by atoms with van der Waals surface area (Å²) in [6.07, 6.45) is 4.01. The van der Waals surface area contributed by atoms with Crippen LogP contribution in [0.15, 0.2) is 24.3 Å². The number of amides is 2. The predicted molar refractivity (Wildman–Crippen MR) is 99.9 cm³/mol. The smallest absolute Gasteiger partial charge is 0.225 e. The van der Waals surface area contributed by atoms with Gasteiger partial charge in [0.1, 0.15) is 0 Å². The van der Waals surface area contributed by atoms with E-state index in [0.717, 1.165) is 25.5 Å². The molecule has 140 valence electrons. The van der Waals surface area contributed by atoms with Crippen LogP contribution < -0.4 is 10.6 Å². The monoisotopic (exact) mass is 369 g/mol. The van der Waals surface area contributed by atoms with Crippen molar-refractivity contribution in [2.75, 3.05) is 30.0 Å². The molecule has 0 saturated heterocycles. The Morgan fingerprint density at radius 3 is 2.04 bits per heavy atom. The Morgan fingerprint density at radius 2 is 1.56 bits per heavy atom. The van der Waals surface area contributed by atoms with E-state index in [0.29, 0.717) is 17.9 Å². The van der Waals surface area contributed by atoms with E-state index >= 15 is 0 Å². The number of nitrogens with zero attached hydrogens (tertiary/aromatic N) is 1. The molecule has 2 amide bonds. The lowest BCUT2D eigenvalue weighted by Gasteiger charge is -2.19. The summed E-state index contributed by atoms with van der Waals surface area (Å²) in [6, 6.07) is 6.73. The number of carbonyl (C=O) groups excluding carboxylic acids is 2. The molecule has 2 N–H and O–H groups in total. The van der Waals surface area contributed by atoms with E-state index in [1.165, 1.54) is 11.2 Å². The minimum Gasteiger partial charge on any atom is -0.326 e. The SMILES string of the molecule is CCCCCN(CCC(=O)Nc1ccc(NC(C)=O)cc1)S(C)(=O)=O. The van der Waals surface area contributed by atoms with Crippen LogP contribution in [-0.4, -0.2) is 43.9 Å². The number of carbonyl (C=O) groups is 2. The standard InChI is InChI=1S/C17H27N3O4S/c1-4-5-6-12-20(25(3,23)24)13-11-17(22)19-16-9-7-15(8-10-16)18-14(2)21/h7-10H,4-6,11-13H2,1-3H3,(H,18,21)(H,19,22). The van der Waals surface area contributed by atoms with Gasteiger partial charge in [0.05, 0.1) is 6.26 Å². The third kappa shape index (κ3) is 8.64. The molecular weight excluding hydrogens is 342 g/mol. The van der Waals surface area contributed by atoms with E-state index in [2.05, 4.69) is 17.6 Å². The maximum atomic E-state index is 12.0. The van der Waals surface area contributed by atoms with Crippen LogP contribution in [0.1, 0.15) is 39.5 Å². The summed E-state index contributed by atoms with van der Waals surface area (Å²) in [5, 5.41) is 5.36. The van der Waals surface area contributed by atoms with Gasteiger partial charge >= 0.3 is 0 Å². The third-order valence-corrected chi connectivity index (χ3v) is 4.86. The lowest BCUT2D eigenvalue weighted by atomic mass is 10.2. The zero-order chi connectivity index (χ0) is 18.9. The first-order chi connectivity index (χ1) is 11.7. The highest BCUT2D eigenvalue weighted by Crippen LogP contribution is 2.14. The van der Waals surface area contributed by atoms with Gasteiger partial charge in [0.25, 0.3) is 0 Å². The van der Waals surface area contributed by atoms with Crippen molar-refractivity contribution in [3.63, 3.8) is 0 Å². The molecule has 1 rings (SSSR count). The molecule has 25 heavy (non-hydrogen) atoms. The van der Waals surface area contributed by atoms with Crippen LogP contribution >= 0.6 is 0 Å². The van der Waals surface area contributed by atoms with Gasteiger partial charge in [-0.3, -0.25) is 9.59 Å². The van der Waals surface area contributed by atoms with Gasteiger partial charge in [-0.2, -0.15) is 0 Å². The molecule has 0 aliphatic carbocycles. The van der Waals surface area contributed by atoms with Gasteiger partial charge in [-0.1, -0.05) is 19.8 Å². The lowest BCUT2D eigenvalue weighted by molar-refractivity contribution is -0.116. The summed E-state index contributed by atoms with van der Waals surface area (Å²) >= 11 is 0. The van der Waals surface area contributed by atoms with E-state index in [9.17, 15) is 18.0 Å². The van der Waals surface area contributed by atoms with Gasteiger partial charge in [-0.05, 0) is 30.7 Å². The lowest BCUT2D eigenvalue weighted by Crippen LogP contribution is -2.33. The predicted octanol–water partition coefficient (Wildman–Crippen LogP) is 2.43. The number of rotatable bonds is 10. The number of benzene rings is 1. The maximum absolute atomic E-state index is 12.0. The van der Waals surface area contributed by atoms with Gasteiger partial charge in [-0.25, -0.2) is 12.7 Å². The number of hydrogen-bond donors (Lipinski definition) is 2. The molecule has 7 nitrogen and oxygen atoms in total. The van der Waals surface area contributed by atoms with Crippen LogP contribution in [0.4, 0.5) is 11.4 Å². The first kappa shape index (κ1) is 21.1. The molecule has 0 radical (unpaired) electrons. The molecule has 0 spiro atoms. The molecule has 1 aromatic carbocycles. The van der Waals surface area contributed by atoms with E-state index in [4.69, 9.17) is 0 Å². The van der Waals surface area contributed by atoms with Crippen molar-refractivity contribution in [1.29, 1.82) is 0 Å². The molecule has 0 bridgehead atoms. The van der Waals surface area contributed by atoms with E-state index < -0.39 is 10.0 Å². The van der Waals surface area contributed by atoms with Crippen molar-refractivity contribution in [3.05, 3.63) is 24.3 Å². The Bertz CT molecular complexity index is 672. The van der Waals surface area contributed by atoms with Crippen molar-refractivity contribution in [2.45, 2.75) is 39.5 Å². The molecule has 0 aromatic heterocycles. The first-order valence-corrected chi connectivity index (χ1v) is 10.2. The summed E-state index contributed by atoms with van der Waals surface area (Å²) < 4.78 is 24.9. The number of anilines is 2. The normalized spacial score (nSPS) is 11.4. The fraction of sp³-hybridized carbons (Fsp3) is 0.529. The van der Waals surface area contributed by atoms with Crippen molar-refractivity contribution in [1.82, 2.24) is 4.31 Å². The molecule has 0 atom stereocenters. The Morgan fingerprint density at radius 1 is 1.00 bits per heavy atom. The van der Waals surface area contributed by atoms with Crippen LogP contribution in [0.2, 0.25) is 0 Å². The third-order valence-electron chi connectivity index (χ3n) is 3.56. The van der Waals surface area contributed by atoms with Gasteiger partial charge in [0, 0.05) is 37.8 Å². The second kappa shape index (κ2) is 10.1. The summed E-state index contributed by atoms with van der Waals surface area (Å²) in [5.41, 5.74) is 1.24. The summed E-state index contributed by atoms with van der Waals surface area (Å²) in [6.45, 7) is 4.07. The summed E-state index contributed by atoms with van der Waals surface area (Å²) in [7, 11) is -3.32. The number of nitrogens with one attached hydrogen (secondary N) is 2. The molecule has 1 aromatic rings. The van der Waals surface area contributed by atoms with Crippen molar-refractivity contribution in [2.24, 2.45) is 0 Å². The molecule has 8 heteroatoms. The quantitative estimate of drug-likeness (QED) is 0.619. The zero-order valence-corrected chi connectivity index (χ0v) is 15.9. The zero-order valence-electron chi connectivity index (χ0n) is 15.0. The first-order valence-electron chi connectivity index (χ1n) is 8.35. The Hall–Kier alpha value is -1.93. The number of hydrogen-bond acceptors (Lipinski definition) is 4. The Labute approximate surface area is 149 Å². The van der Waals surface area contributed by atoms with Crippen molar-refractivity contribution in [3.8, 4) is 0 Å². The van der Waals surface area contributed by atoms with E-state index in [1.807, 2.05) is 0 Å². The van der Waals surface area contributed by atoms with Crippen LogP contribution in [0.5, 0.6) is 0 Å². The molecular formula is C17H27N3O4S. The number of unbranched alkanes of at least 4 members (excludes halogenated alkanes) is 2. The van der Waals surface area contributed by atoms with E-state index in [-0.39, 0.29) is 24.8 Å². The van der Waals surface area contributed by atoms with Gasteiger partial charge in [0.2, 0.25) is 21.8 Å². The summed E-state index contributed by atoms with van der Waals surface area (Å²) in [5.74, 6) is -0.419. The Balaban J connectivity index is 2.52. The minimum absolute atomic E-state index is 0.0899. The minimum atomic E-state index is -3.32. The largest absolute Gasteiger partial charge is 0.326 e. The van der Waals surface area contributed by atoms with Crippen LogP contribution in [0, 0.1) is 0 Å². The molecule has 0 unspecified atom stereocenters. The highest BCUT2D eigenvalue weighted by atomic mass is 32.2. The van der Waals surface area contributed by atoms with Gasteiger partial charge < -0.3 is 10.6 Å². The average molecular weight is 369 g/mol. The second-order valence-corrected chi connectivity index (χ2v) is 7.91. The van der Waals surface area contributed by atoms with Gasteiger partial charge in [0.15, 0.2) is 0 Å². The molecule has 0 heterocycles. The molecule has 0 fully saturated rings. The van der Waals surface area contributed by atoms with Crippen LogP contribution in [0.3, 0.4) is 0 Å². The van der Waals surface area contributed by atoms with Gasteiger partial charge in [-0.15, -0.1) is 0 Å². The maximum Gasteiger partial charge on any atom is 0.225 e. The van der Waals surface area contributed by atoms with Crippen molar-refractivity contribution >= 4 is 33.2 Å². The van der Waals surface area contributed by atoms with Crippen LogP contribution in [-0.2, 0) is 19.6 Å². The fourth-order valence-electron chi connectivity index (χ4n) is 2.27. The van der Waals surface area contributed by atoms with Crippen LogP contribution in [0.25, 0.3) is 0 Å². The molecule has 0 aliphatic rings. The Kier molecular flexibility index (Phi) is 8.57. The highest BCUT2D eigenvalue weighted by Gasteiger charge is 2.17. The average Bonchev–Trinajstić information content (AvgIpc) is 2.51. The van der Waals surface area contributed by atoms with Crippen molar-refractivity contribution < 1.29 is 18.0 Å². The topological polar surface area (TPSA) is 95.6 Å². The molecule has 0 saturated carbocycles. The number of sulfonamides is 1.